The predicted molar refractivity (Wildman–Crippen MR) is 63.2 cm³/mol. The summed E-state index contributed by atoms with van der Waals surface area (Å²) in [6.07, 6.45) is 5.42. The van der Waals surface area contributed by atoms with E-state index in [9.17, 15) is 5.11 Å². The Labute approximate surface area is 97.2 Å². The van der Waals surface area contributed by atoms with Crippen LogP contribution in [0.2, 0.25) is 0 Å². The second-order valence-corrected chi connectivity index (χ2v) is 4.22. The smallest absolute Gasteiger partial charge is 0.0934 e. The fourth-order valence-corrected chi connectivity index (χ4v) is 2.13. The van der Waals surface area contributed by atoms with Gasteiger partial charge in [0.05, 0.1) is 17.9 Å². The second-order valence-electron chi connectivity index (χ2n) is 4.22. The van der Waals surface area contributed by atoms with Gasteiger partial charge in [0.15, 0.2) is 0 Å². The molecule has 1 N–H and O–H groups in total. The van der Waals surface area contributed by atoms with Gasteiger partial charge >= 0.3 is 0 Å². The number of hydrogen-bond donors (Lipinski definition) is 1. The van der Waals surface area contributed by atoms with Gasteiger partial charge < -0.3 is 9.84 Å². The van der Waals surface area contributed by atoms with Crippen molar-refractivity contribution in [1.29, 1.82) is 0 Å². The zero-order valence-electron chi connectivity index (χ0n) is 10.6. The predicted octanol–water partition coefficient (Wildman–Crippen LogP) is 1.53. The molecule has 4 heteroatoms. The van der Waals surface area contributed by atoms with Gasteiger partial charge in [-0.1, -0.05) is 13.8 Å². The second kappa shape index (κ2) is 5.46. The highest BCUT2D eigenvalue weighted by atomic mass is 16.5. The van der Waals surface area contributed by atoms with E-state index in [1.54, 1.807) is 18.0 Å². The monoisotopic (exact) mass is 226 g/mol. The summed E-state index contributed by atoms with van der Waals surface area (Å²) in [4.78, 5) is 0. The average molecular weight is 226 g/mol. The number of aryl methyl sites for hydroxylation is 1. The van der Waals surface area contributed by atoms with Crippen molar-refractivity contribution in [2.75, 3.05) is 7.11 Å². The van der Waals surface area contributed by atoms with Gasteiger partial charge in [0.2, 0.25) is 0 Å². The topological polar surface area (TPSA) is 47.3 Å². The molecule has 1 rings (SSSR count). The number of nitrogens with zero attached hydrogens (tertiary/aromatic N) is 2. The van der Waals surface area contributed by atoms with Gasteiger partial charge in [0, 0.05) is 26.8 Å². The molecule has 1 aromatic heterocycles. The summed E-state index contributed by atoms with van der Waals surface area (Å²) in [6, 6.07) is 0. The minimum Gasteiger partial charge on any atom is -0.390 e. The molecular weight excluding hydrogens is 204 g/mol. The first-order valence-corrected chi connectivity index (χ1v) is 5.78. The van der Waals surface area contributed by atoms with Crippen LogP contribution in [0.15, 0.2) is 12.4 Å². The standard InChI is InChI=1S/C12H22N2O2/c1-5-12(6-2,16-4)11(15)7-10-8-13-14(3)9-10/h8-9,11,15H,5-7H2,1-4H3. The van der Waals surface area contributed by atoms with Gasteiger partial charge in [-0.3, -0.25) is 4.68 Å². The van der Waals surface area contributed by atoms with E-state index in [0.29, 0.717) is 6.42 Å². The van der Waals surface area contributed by atoms with Gasteiger partial charge in [-0.25, -0.2) is 0 Å². The largest absolute Gasteiger partial charge is 0.390 e. The normalized spacial score (nSPS) is 14.1. The molecule has 0 fully saturated rings. The van der Waals surface area contributed by atoms with Crippen LogP contribution in [-0.2, 0) is 18.2 Å². The number of aromatic nitrogens is 2. The van der Waals surface area contributed by atoms with Gasteiger partial charge in [0.1, 0.15) is 0 Å². The van der Waals surface area contributed by atoms with Crippen LogP contribution < -0.4 is 0 Å². The van der Waals surface area contributed by atoms with Crippen LogP contribution >= 0.6 is 0 Å². The Hall–Kier alpha value is -0.870. The number of methoxy groups -OCH3 is 1. The van der Waals surface area contributed by atoms with Crippen LogP contribution in [-0.4, -0.2) is 33.7 Å². The number of aliphatic hydroxyl groups is 1. The molecule has 0 spiro atoms. The van der Waals surface area contributed by atoms with Crippen LogP contribution in [0.25, 0.3) is 0 Å². The summed E-state index contributed by atoms with van der Waals surface area (Å²) >= 11 is 0. The Morgan fingerprint density at radius 2 is 2.12 bits per heavy atom. The lowest BCUT2D eigenvalue weighted by Gasteiger charge is -2.35. The van der Waals surface area contributed by atoms with E-state index in [1.807, 2.05) is 27.1 Å². The molecule has 4 nitrogen and oxygen atoms in total. The third-order valence-electron chi connectivity index (χ3n) is 3.40. The van der Waals surface area contributed by atoms with E-state index in [2.05, 4.69) is 5.10 Å². The van der Waals surface area contributed by atoms with Crippen LogP contribution in [0.5, 0.6) is 0 Å². The molecule has 0 aliphatic rings. The van der Waals surface area contributed by atoms with Gasteiger partial charge in [-0.2, -0.15) is 5.10 Å². The Bertz CT molecular complexity index is 310. The highest BCUT2D eigenvalue weighted by Crippen LogP contribution is 2.26. The van der Waals surface area contributed by atoms with Crippen molar-refractivity contribution >= 4 is 0 Å². The molecule has 1 atom stereocenters. The van der Waals surface area contributed by atoms with Crippen LogP contribution in [0.3, 0.4) is 0 Å². The molecule has 0 radical (unpaired) electrons. The minimum atomic E-state index is -0.489. The SMILES string of the molecule is CCC(CC)(OC)C(O)Cc1cnn(C)c1. The quantitative estimate of drug-likeness (QED) is 0.800. The Morgan fingerprint density at radius 1 is 1.50 bits per heavy atom. The van der Waals surface area contributed by atoms with Crippen LogP contribution in [0.4, 0.5) is 0 Å². The fraction of sp³-hybridized carbons (Fsp3) is 0.750. The molecule has 0 amide bonds. The fourth-order valence-electron chi connectivity index (χ4n) is 2.13. The number of rotatable bonds is 6. The average Bonchev–Trinajstić information content (AvgIpc) is 2.67. The summed E-state index contributed by atoms with van der Waals surface area (Å²) < 4.78 is 7.24. The summed E-state index contributed by atoms with van der Waals surface area (Å²) in [5.41, 5.74) is 0.605. The highest BCUT2D eigenvalue weighted by molar-refractivity contribution is 5.07. The third kappa shape index (κ3) is 2.62. The first-order valence-electron chi connectivity index (χ1n) is 5.78. The van der Waals surface area contributed by atoms with E-state index in [4.69, 9.17) is 4.74 Å². The minimum absolute atomic E-state index is 0.435. The number of hydrogen-bond acceptors (Lipinski definition) is 3. The molecule has 0 saturated heterocycles. The Kier molecular flexibility index (Phi) is 4.50. The van der Waals surface area contributed by atoms with Crippen molar-refractivity contribution in [3.8, 4) is 0 Å². The van der Waals surface area contributed by atoms with Gasteiger partial charge in [0.25, 0.3) is 0 Å². The summed E-state index contributed by atoms with van der Waals surface area (Å²) in [7, 11) is 3.54. The molecule has 0 saturated carbocycles. The summed E-state index contributed by atoms with van der Waals surface area (Å²) in [5.74, 6) is 0. The first-order chi connectivity index (χ1) is 7.57. The van der Waals surface area contributed by atoms with E-state index in [1.165, 1.54) is 0 Å². The lowest BCUT2D eigenvalue weighted by Crippen LogP contribution is -2.44. The molecule has 92 valence electrons. The van der Waals surface area contributed by atoms with E-state index < -0.39 is 11.7 Å². The van der Waals surface area contributed by atoms with E-state index >= 15 is 0 Å². The van der Waals surface area contributed by atoms with Crippen molar-refractivity contribution in [3.05, 3.63) is 18.0 Å². The molecule has 0 bridgehead atoms. The van der Waals surface area contributed by atoms with Crippen molar-refractivity contribution in [2.45, 2.75) is 44.8 Å². The molecule has 0 aliphatic carbocycles. The maximum atomic E-state index is 10.3. The highest BCUT2D eigenvalue weighted by Gasteiger charge is 2.34. The van der Waals surface area contributed by atoms with Crippen molar-refractivity contribution in [1.82, 2.24) is 9.78 Å². The molecular formula is C12H22N2O2. The number of aliphatic hydroxyl groups excluding tert-OH is 1. The summed E-state index contributed by atoms with van der Waals surface area (Å²) in [6.45, 7) is 4.08. The lowest BCUT2D eigenvalue weighted by atomic mass is 9.87. The van der Waals surface area contributed by atoms with Crippen LogP contribution in [0, 0.1) is 0 Å². The van der Waals surface area contributed by atoms with E-state index in [0.717, 1.165) is 18.4 Å². The molecule has 0 aliphatic heterocycles. The maximum Gasteiger partial charge on any atom is 0.0934 e. The molecule has 1 unspecified atom stereocenters. The zero-order chi connectivity index (χ0) is 12.2. The van der Waals surface area contributed by atoms with E-state index in [-0.39, 0.29) is 0 Å². The summed E-state index contributed by atoms with van der Waals surface area (Å²) in [5, 5.41) is 14.4. The molecule has 0 aromatic carbocycles. The van der Waals surface area contributed by atoms with Gasteiger partial charge in [-0.15, -0.1) is 0 Å². The molecule has 1 aromatic rings. The molecule has 1 heterocycles. The van der Waals surface area contributed by atoms with Crippen molar-refractivity contribution < 1.29 is 9.84 Å². The molecule has 16 heavy (non-hydrogen) atoms. The van der Waals surface area contributed by atoms with Crippen molar-refractivity contribution in [2.24, 2.45) is 7.05 Å². The van der Waals surface area contributed by atoms with Gasteiger partial charge in [-0.05, 0) is 18.4 Å². The maximum absolute atomic E-state index is 10.3. The van der Waals surface area contributed by atoms with Crippen molar-refractivity contribution in [3.63, 3.8) is 0 Å². The number of ether oxygens (including phenoxy) is 1. The Balaban J connectivity index is 2.72. The Morgan fingerprint density at radius 3 is 2.50 bits per heavy atom. The zero-order valence-corrected chi connectivity index (χ0v) is 10.6. The first kappa shape index (κ1) is 13.2. The third-order valence-corrected chi connectivity index (χ3v) is 3.40. The van der Waals surface area contributed by atoms with Crippen LogP contribution in [0.1, 0.15) is 32.3 Å². The lowest BCUT2D eigenvalue weighted by molar-refractivity contribution is -0.106.